The standard InChI is InChI=1S/C20H18Cl2N2/c21-19-10-3-1-6-15(19)13-23-17-8-5-9-18(12-17)24-14-16-7-2-4-11-20(16)22/h1-12,23-24H,13-14H2. The molecule has 0 aliphatic carbocycles. The second kappa shape index (κ2) is 8.09. The van der Waals surface area contributed by atoms with Gasteiger partial charge in [-0.05, 0) is 41.5 Å². The summed E-state index contributed by atoms with van der Waals surface area (Å²) in [4.78, 5) is 0. The molecule has 0 heterocycles. The molecule has 0 aromatic heterocycles. The molecule has 0 fully saturated rings. The van der Waals surface area contributed by atoms with Gasteiger partial charge in [0.25, 0.3) is 0 Å². The largest absolute Gasteiger partial charge is 0.381 e. The molecule has 0 amide bonds. The number of halogens is 2. The summed E-state index contributed by atoms with van der Waals surface area (Å²) in [5.74, 6) is 0. The van der Waals surface area contributed by atoms with Crippen molar-refractivity contribution in [2.45, 2.75) is 13.1 Å². The first-order chi connectivity index (χ1) is 11.7. The van der Waals surface area contributed by atoms with E-state index >= 15 is 0 Å². The summed E-state index contributed by atoms with van der Waals surface area (Å²) < 4.78 is 0. The van der Waals surface area contributed by atoms with Crippen LogP contribution in [0.4, 0.5) is 11.4 Å². The maximum absolute atomic E-state index is 6.19. The van der Waals surface area contributed by atoms with E-state index < -0.39 is 0 Å². The smallest absolute Gasteiger partial charge is 0.0455 e. The number of anilines is 2. The summed E-state index contributed by atoms with van der Waals surface area (Å²) >= 11 is 12.4. The Bertz CT molecular complexity index is 753. The summed E-state index contributed by atoms with van der Waals surface area (Å²) in [5.41, 5.74) is 4.24. The Morgan fingerprint density at radius 2 is 1.04 bits per heavy atom. The number of hydrogen-bond donors (Lipinski definition) is 2. The van der Waals surface area contributed by atoms with Crippen LogP contribution in [0.25, 0.3) is 0 Å². The van der Waals surface area contributed by atoms with E-state index in [1.54, 1.807) is 0 Å². The van der Waals surface area contributed by atoms with Gasteiger partial charge in [0.05, 0.1) is 0 Å². The summed E-state index contributed by atoms with van der Waals surface area (Å²) in [7, 11) is 0. The van der Waals surface area contributed by atoms with Crippen LogP contribution in [0, 0.1) is 0 Å². The zero-order valence-electron chi connectivity index (χ0n) is 13.1. The van der Waals surface area contributed by atoms with Crippen LogP contribution in [0.1, 0.15) is 11.1 Å². The molecule has 2 nitrogen and oxygen atoms in total. The number of hydrogen-bond acceptors (Lipinski definition) is 2. The van der Waals surface area contributed by atoms with Gasteiger partial charge in [-0.25, -0.2) is 0 Å². The first-order valence-corrected chi connectivity index (χ1v) is 8.52. The van der Waals surface area contributed by atoms with Crippen molar-refractivity contribution in [3.63, 3.8) is 0 Å². The molecule has 0 bridgehead atoms. The third kappa shape index (κ3) is 4.44. The second-order valence-corrected chi connectivity index (χ2v) is 6.29. The molecule has 4 heteroatoms. The average molecular weight is 357 g/mol. The highest BCUT2D eigenvalue weighted by atomic mass is 35.5. The number of benzene rings is 3. The van der Waals surface area contributed by atoms with Gasteiger partial charge in [-0.3, -0.25) is 0 Å². The van der Waals surface area contributed by atoms with Gasteiger partial charge in [-0.2, -0.15) is 0 Å². The zero-order valence-corrected chi connectivity index (χ0v) is 14.6. The predicted molar refractivity (Wildman–Crippen MR) is 104 cm³/mol. The zero-order chi connectivity index (χ0) is 16.8. The molecule has 0 unspecified atom stereocenters. The highest BCUT2D eigenvalue weighted by Crippen LogP contribution is 2.21. The average Bonchev–Trinajstić information content (AvgIpc) is 2.61. The summed E-state index contributed by atoms with van der Waals surface area (Å²) in [5, 5.41) is 8.35. The first-order valence-electron chi connectivity index (χ1n) is 7.77. The van der Waals surface area contributed by atoms with E-state index in [2.05, 4.69) is 16.7 Å². The van der Waals surface area contributed by atoms with Crippen molar-refractivity contribution in [1.29, 1.82) is 0 Å². The fraction of sp³-hybridized carbons (Fsp3) is 0.100. The van der Waals surface area contributed by atoms with Crippen LogP contribution in [0.15, 0.2) is 72.8 Å². The molecule has 0 atom stereocenters. The van der Waals surface area contributed by atoms with Gasteiger partial charge >= 0.3 is 0 Å². The maximum Gasteiger partial charge on any atom is 0.0455 e. The van der Waals surface area contributed by atoms with E-state index in [9.17, 15) is 0 Å². The Labute approximate surface area is 152 Å². The van der Waals surface area contributed by atoms with E-state index in [-0.39, 0.29) is 0 Å². The molecule has 0 spiro atoms. The molecule has 3 rings (SSSR count). The molecule has 0 saturated carbocycles. The molecule has 0 aliphatic heterocycles. The first kappa shape index (κ1) is 16.7. The van der Waals surface area contributed by atoms with Crippen LogP contribution in [0.5, 0.6) is 0 Å². The highest BCUT2D eigenvalue weighted by Gasteiger charge is 2.01. The van der Waals surface area contributed by atoms with Crippen molar-refractivity contribution in [2.75, 3.05) is 10.6 Å². The van der Waals surface area contributed by atoms with Gasteiger partial charge in [-0.1, -0.05) is 65.7 Å². The summed E-state index contributed by atoms with van der Waals surface area (Å²) in [6, 6.07) is 23.9. The third-order valence-electron chi connectivity index (χ3n) is 3.74. The van der Waals surface area contributed by atoms with Crippen molar-refractivity contribution in [2.24, 2.45) is 0 Å². The van der Waals surface area contributed by atoms with Gasteiger partial charge in [0.1, 0.15) is 0 Å². The molecule has 122 valence electrons. The van der Waals surface area contributed by atoms with Crippen molar-refractivity contribution < 1.29 is 0 Å². The van der Waals surface area contributed by atoms with Crippen LogP contribution in [-0.4, -0.2) is 0 Å². The Kier molecular flexibility index (Phi) is 5.63. The van der Waals surface area contributed by atoms with Gasteiger partial charge < -0.3 is 10.6 Å². The summed E-state index contributed by atoms with van der Waals surface area (Å²) in [6.07, 6.45) is 0. The minimum Gasteiger partial charge on any atom is -0.381 e. The van der Waals surface area contributed by atoms with Crippen LogP contribution in [0.3, 0.4) is 0 Å². The maximum atomic E-state index is 6.19. The molecule has 0 aliphatic rings. The fourth-order valence-corrected chi connectivity index (χ4v) is 2.82. The SMILES string of the molecule is Clc1ccccc1CNc1cccc(NCc2ccccc2Cl)c1. The van der Waals surface area contributed by atoms with Crippen LogP contribution >= 0.6 is 23.2 Å². The van der Waals surface area contributed by atoms with Crippen LogP contribution < -0.4 is 10.6 Å². The lowest BCUT2D eigenvalue weighted by atomic mass is 10.2. The molecule has 0 radical (unpaired) electrons. The third-order valence-corrected chi connectivity index (χ3v) is 4.48. The number of nitrogens with one attached hydrogen (secondary N) is 2. The van der Waals surface area contributed by atoms with Crippen molar-refractivity contribution in [3.05, 3.63) is 94.0 Å². The van der Waals surface area contributed by atoms with E-state index in [1.165, 1.54) is 0 Å². The molecule has 2 N–H and O–H groups in total. The molecule has 3 aromatic carbocycles. The Morgan fingerprint density at radius 1 is 0.583 bits per heavy atom. The van der Waals surface area contributed by atoms with Crippen molar-refractivity contribution in [3.8, 4) is 0 Å². The van der Waals surface area contributed by atoms with Crippen molar-refractivity contribution in [1.82, 2.24) is 0 Å². The minimum absolute atomic E-state index is 0.688. The molecule has 3 aromatic rings. The lowest BCUT2D eigenvalue weighted by Crippen LogP contribution is -2.02. The van der Waals surface area contributed by atoms with Crippen LogP contribution in [-0.2, 0) is 13.1 Å². The van der Waals surface area contributed by atoms with E-state index in [0.717, 1.165) is 32.5 Å². The molecule has 24 heavy (non-hydrogen) atoms. The van der Waals surface area contributed by atoms with E-state index in [1.807, 2.05) is 66.7 Å². The van der Waals surface area contributed by atoms with E-state index in [0.29, 0.717) is 13.1 Å². The van der Waals surface area contributed by atoms with Gasteiger partial charge in [-0.15, -0.1) is 0 Å². The molecular formula is C20H18Cl2N2. The number of rotatable bonds is 6. The minimum atomic E-state index is 0.688. The van der Waals surface area contributed by atoms with Crippen LogP contribution in [0.2, 0.25) is 10.0 Å². The second-order valence-electron chi connectivity index (χ2n) is 5.47. The van der Waals surface area contributed by atoms with Gasteiger partial charge in [0.15, 0.2) is 0 Å². The quantitative estimate of drug-likeness (QED) is 0.547. The Balaban J connectivity index is 1.62. The topological polar surface area (TPSA) is 24.1 Å². The lowest BCUT2D eigenvalue weighted by Gasteiger charge is -2.11. The molecular weight excluding hydrogens is 339 g/mol. The normalized spacial score (nSPS) is 10.4. The Morgan fingerprint density at radius 3 is 1.50 bits per heavy atom. The lowest BCUT2D eigenvalue weighted by molar-refractivity contribution is 1.13. The van der Waals surface area contributed by atoms with Gasteiger partial charge in [0.2, 0.25) is 0 Å². The molecule has 0 saturated heterocycles. The fourth-order valence-electron chi connectivity index (χ4n) is 2.42. The monoisotopic (exact) mass is 356 g/mol. The highest BCUT2D eigenvalue weighted by molar-refractivity contribution is 6.31. The Hall–Kier alpha value is -2.16. The van der Waals surface area contributed by atoms with Crippen molar-refractivity contribution >= 4 is 34.6 Å². The van der Waals surface area contributed by atoms with E-state index in [4.69, 9.17) is 23.2 Å². The predicted octanol–water partition coefficient (Wildman–Crippen LogP) is 6.22. The summed E-state index contributed by atoms with van der Waals surface area (Å²) in [6.45, 7) is 1.38. The van der Waals surface area contributed by atoms with Gasteiger partial charge in [0, 0.05) is 34.5 Å².